The van der Waals surface area contributed by atoms with E-state index in [2.05, 4.69) is 36.3 Å². The first kappa shape index (κ1) is 10.2. The minimum Gasteiger partial charge on any atom is -0.411 e. The number of nitrogens with zero attached hydrogens (tertiary/aromatic N) is 1. The second-order valence-corrected chi connectivity index (χ2v) is 4.15. The smallest absolute Gasteiger partial charge is 0.0648 e. The van der Waals surface area contributed by atoms with Gasteiger partial charge in [-0.25, -0.2) is 0 Å². The Labute approximate surface area is 90.6 Å². The lowest BCUT2D eigenvalue weighted by Crippen LogP contribution is -2.25. The van der Waals surface area contributed by atoms with Crippen LogP contribution in [0.1, 0.15) is 43.2 Å². The van der Waals surface area contributed by atoms with E-state index in [4.69, 9.17) is 5.21 Å². The second-order valence-electron chi connectivity index (χ2n) is 4.15. The molecule has 80 valence electrons. The van der Waals surface area contributed by atoms with Gasteiger partial charge < -0.3 is 5.21 Å². The van der Waals surface area contributed by atoms with E-state index in [1.54, 1.807) is 0 Å². The number of hydrogen-bond acceptors (Lipinski definition) is 2. The molecule has 1 N–H and O–H groups in total. The third-order valence-corrected chi connectivity index (χ3v) is 3.17. The van der Waals surface area contributed by atoms with E-state index in [1.807, 2.05) is 0 Å². The van der Waals surface area contributed by atoms with Crippen molar-refractivity contribution in [1.82, 2.24) is 0 Å². The summed E-state index contributed by atoms with van der Waals surface area (Å²) in [5, 5.41) is 12.5. The molecule has 0 saturated carbocycles. The molecule has 1 aromatic rings. The molecule has 0 heterocycles. The molecule has 2 rings (SSSR count). The van der Waals surface area contributed by atoms with E-state index in [0.29, 0.717) is 5.92 Å². The van der Waals surface area contributed by atoms with Gasteiger partial charge in [-0.05, 0) is 30.4 Å². The first-order chi connectivity index (χ1) is 7.36. The molecular weight excluding hydrogens is 186 g/mol. The molecule has 2 heteroatoms. The molecule has 1 aliphatic rings. The summed E-state index contributed by atoms with van der Waals surface area (Å²) >= 11 is 0. The first-order valence-electron chi connectivity index (χ1n) is 5.65. The highest BCUT2D eigenvalue weighted by molar-refractivity contribution is 5.93. The number of hydrogen-bond donors (Lipinski definition) is 1. The van der Waals surface area contributed by atoms with Gasteiger partial charge in [0.2, 0.25) is 0 Å². The monoisotopic (exact) mass is 203 g/mol. The number of oxime groups is 1. The third kappa shape index (κ3) is 1.89. The van der Waals surface area contributed by atoms with Crippen molar-refractivity contribution in [3.8, 4) is 0 Å². The maximum absolute atomic E-state index is 9.00. The van der Waals surface area contributed by atoms with Crippen LogP contribution in [-0.2, 0) is 6.42 Å². The van der Waals surface area contributed by atoms with E-state index in [1.165, 1.54) is 11.1 Å². The van der Waals surface area contributed by atoms with Crippen LogP contribution in [0.5, 0.6) is 0 Å². The minimum atomic E-state index is 0.373. The summed E-state index contributed by atoms with van der Waals surface area (Å²) in [6, 6.07) is 8.41. The fourth-order valence-electron chi connectivity index (χ4n) is 2.21. The summed E-state index contributed by atoms with van der Waals surface area (Å²) in [7, 11) is 0. The number of rotatable bonds is 4. The molecule has 0 radical (unpaired) electrons. The summed E-state index contributed by atoms with van der Waals surface area (Å²) in [5.41, 5.74) is 3.71. The summed E-state index contributed by atoms with van der Waals surface area (Å²) < 4.78 is 0. The van der Waals surface area contributed by atoms with Crippen molar-refractivity contribution in [2.75, 3.05) is 0 Å². The van der Waals surface area contributed by atoms with Crippen LogP contribution in [0, 0.1) is 0 Å². The molecule has 0 spiro atoms. The molecule has 1 aromatic carbocycles. The topological polar surface area (TPSA) is 32.6 Å². The molecule has 0 amide bonds. The van der Waals surface area contributed by atoms with Gasteiger partial charge in [0.05, 0.1) is 5.71 Å². The number of benzene rings is 1. The number of unbranched alkanes of at least 4 members (excludes halogenated alkanes) is 1. The van der Waals surface area contributed by atoms with Gasteiger partial charge in [-0.15, -0.1) is 0 Å². The van der Waals surface area contributed by atoms with Crippen LogP contribution in [0.3, 0.4) is 0 Å². The normalized spacial score (nSPS) is 19.5. The van der Waals surface area contributed by atoms with Gasteiger partial charge >= 0.3 is 0 Å². The van der Waals surface area contributed by atoms with Crippen molar-refractivity contribution in [2.45, 2.75) is 38.5 Å². The first-order valence-corrected chi connectivity index (χ1v) is 5.65. The Bertz CT molecular complexity index is 371. The molecule has 0 aromatic heterocycles. The summed E-state index contributed by atoms with van der Waals surface area (Å²) in [6.07, 6.45) is 4.22. The van der Waals surface area contributed by atoms with Crippen LogP contribution >= 0.6 is 0 Å². The van der Waals surface area contributed by atoms with Crippen LogP contribution in [0.25, 0.3) is 0 Å². The third-order valence-electron chi connectivity index (χ3n) is 3.17. The average Bonchev–Trinajstić information content (AvgIpc) is 2.24. The number of fused-ring (bicyclic) bond motifs is 1. The Morgan fingerprint density at radius 2 is 2.27 bits per heavy atom. The molecule has 15 heavy (non-hydrogen) atoms. The maximum Gasteiger partial charge on any atom is 0.0648 e. The van der Waals surface area contributed by atoms with Crippen LogP contribution in [0.2, 0.25) is 0 Å². The highest BCUT2D eigenvalue weighted by Crippen LogP contribution is 2.36. The van der Waals surface area contributed by atoms with Gasteiger partial charge in [-0.3, -0.25) is 0 Å². The van der Waals surface area contributed by atoms with Crippen molar-refractivity contribution in [2.24, 2.45) is 5.16 Å². The Balaban J connectivity index is 2.08. The van der Waals surface area contributed by atoms with Crippen molar-refractivity contribution in [1.29, 1.82) is 0 Å². The molecule has 1 aliphatic carbocycles. The van der Waals surface area contributed by atoms with Gasteiger partial charge in [-0.2, -0.15) is 0 Å². The average molecular weight is 203 g/mol. The molecule has 0 fully saturated rings. The largest absolute Gasteiger partial charge is 0.411 e. The Hall–Kier alpha value is -1.31. The van der Waals surface area contributed by atoms with E-state index in [9.17, 15) is 0 Å². The minimum absolute atomic E-state index is 0.373. The SMILES string of the molecule is CCCC/C(=N\O)[C@@H]1Cc2ccccc21. The maximum atomic E-state index is 9.00. The standard InChI is InChI=1S/C13H17NO/c1-2-3-8-13(14-15)12-9-10-6-4-5-7-11(10)12/h4-7,12,15H,2-3,8-9H2,1H3/b14-13+/t12-/m1/s1. The van der Waals surface area contributed by atoms with Gasteiger partial charge in [0.1, 0.15) is 0 Å². The Kier molecular flexibility index (Phi) is 3.05. The molecule has 1 atom stereocenters. The van der Waals surface area contributed by atoms with Crippen molar-refractivity contribution >= 4 is 5.71 Å². The quantitative estimate of drug-likeness (QED) is 0.454. The highest BCUT2D eigenvalue weighted by atomic mass is 16.4. The molecular formula is C13H17NO. The summed E-state index contributed by atoms with van der Waals surface area (Å²) in [4.78, 5) is 0. The summed E-state index contributed by atoms with van der Waals surface area (Å²) in [5.74, 6) is 0.373. The molecule has 0 unspecified atom stereocenters. The lowest BCUT2D eigenvalue weighted by atomic mass is 9.74. The van der Waals surface area contributed by atoms with E-state index < -0.39 is 0 Å². The molecule has 2 nitrogen and oxygen atoms in total. The van der Waals surface area contributed by atoms with Crippen molar-refractivity contribution in [3.63, 3.8) is 0 Å². The lowest BCUT2D eigenvalue weighted by molar-refractivity contribution is 0.314. The van der Waals surface area contributed by atoms with Crippen LogP contribution < -0.4 is 0 Å². The zero-order valence-corrected chi connectivity index (χ0v) is 9.11. The second kappa shape index (κ2) is 4.47. The van der Waals surface area contributed by atoms with Crippen LogP contribution in [0.15, 0.2) is 29.4 Å². The van der Waals surface area contributed by atoms with Gasteiger partial charge in [-0.1, -0.05) is 42.8 Å². The predicted molar refractivity (Wildman–Crippen MR) is 61.6 cm³/mol. The molecule has 0 aliphatic heterocycles. The van der Waals surface area contributed by atoms with Crippen molar-refractivity contribution in [3.05, 3.63) is 35.4 Å². The van der Waals surface area contributed by atoms with E-state index >= 15 is 0 Å². The zero-order valence-electron chi connectivity index (χ0n) is 9.11. The Morgan fingerprint density at radius 1 is 1.47 bits per heavy atom. The van der Waals surface area contributed by atoms with Crippen LogP contribution in [-0.4, -0.2) is 10.9 Å². The molecule has 0 bridgehead atoms. The Morgan fingerprint density at radius 3 is 2.93 bits per heavy atom. The zero-order chi connectivity index (χ0) is 10.7. The fraction of sp³-hybridized carbons (Fsp3) is 0.462. The summed E-state index contributed by atoms with van der Waals surface area (Å²) in [6.45, 7) is 2.16. The van der Waals surface area contributed by atoms with Crippen LogP contribution in [0.4, 0.5) is 0 Å². The lowest BCUT2D eigenvalue weighted by Gasteiger charge is -2.30. The van der Waals surface area contributed by atoms with Gasteiger partial charge in [0.15, 0.2) is 0 Å². The van der Waals surface area contributed by atoms with E-state index in [-0.39, 0.29) is 0 Å². The van der Waals surface area contributed by atoms with Crippen molar-refractivity contribution < 1.29 is 5.21 Å². The predicted octanol–water partition coefficient (Wildman–Crippen LogP) is 3.35. The highest BCUT2D eigenvalue weighted by Gasteiger charge is 2.29. The van der Waals surface area contributed by atoms with Gasteiger partial charge in [0.25, 0.3) is 0 Å². The van der Waals surface area contributed by atoms with E-state index in [0.717, 1.165) is 31.4 Å². The fourth-order valence-corrected chi connectivity index (χ4v) is 2.21. The molecule has 0 saturated heterocycles. The van der Waals surface area contributed by atoms with Gasteiger partial charge in [0, 0.05) is 5.92 Å².